The Balaban J connectivity index is 0. The zero-order valence-corrected chi connectivity index (χ0v) is 24.4. The molecule has 0 bridgehead atoms. The molecule has 1 aliphatic rings. The highest BCUT2D eigenvalue weighted by Crippen LogP contribution is 2.57. The molecule has 0 heterocycles. The summed E-state index contributed by atoms with van der Waals surface area (Å²) in [7, 11) is 0. The summed E-state index contributed by atoms with van der Waals surface area (Å²) in [4.78, 5) is 0. The van der Waals surface area contributed by atoms with Gasteiger partial charge in [-0.05, 0) is 46.7 Å². The van der Waals surface area contributed by atoms with E-state index in [0.717, 1.165) is 12.8 Å². The maximum Gasteiger partial charge on any atom is 0.0707 e. The average molecular weight is 473 g/mol. The molecule has 0 aliphatic heterocycles. The van der Waals surface area contributed by atoms with Gasteiger partial charge >= 0.3 is 0 Å². The van der Waals surface area contributed by atoms with Gasteiger partial charge in [0.05, 0.1) is 5.41 Å². The Labute approximate surface area is 218 Å². The molecule has 0 aromatic heterocycles. The fourth-order valence-electron chi connectivity index (χ4n) is 4.32. The molecule has 35 heavy (non-hydrogen) atoms. The monoisotopic (exact) mass is 472 g/mol. The lowest BCUT2D eigenvalue weighted by atomic mass is 9.66. The largest absolute Gasteiger partial charge is 0.0991 e. The first-order valence-corrected chi connectivity index (χ1v) is 13.7. The highest BCUT2D eigenvalue weighted by Gasteiger charge is 2.46. The van der Waals surface area contributed by atoms with Crippen LogP contribution in [-0.2, 0) is 5.41 Å². The molecule has 0 amide bonds. The second kappa shape index (κ2) is 20.5. The van der Waals surface area contributed by atoms with E-state index in [4.69, 9.17) is 0 Å². The smallest absolute Gasteiger partial charge is 0.0707 e. The third kappa shape index (κ3) is 7.56. The van der Waals surface area contributed by atoms with Crippen LogP contribution in [-0.4, -0.2) is 0 Å². The lowest BCUT2D eigenvalue weighted by Gasteiger charge is -2.35. The van der Waals surface area contributed by atoms with Crippen molar-refractivity contribution in [3.05, 3.63) is 120 Å². The summed E-state index contributed by atoms with van der Waals surface area (Å²) in [6.07, 6.45) is 14.8. The molecular weight excluding hydrogens is 420 g/mol. The number of fused-ring (bicyclic) bond motifs is 3. The predicted octanol–water partition coefficient (Wildman–Crippen LogP) is 11.7. The van der Waals surface area contributed by atoms with Crippen LogP contribution in [0.5, 0.6) is 0 Å². The molecule has 0 N–H and O–H groups in total. The minimum Gasteiger partial charge on any atom is -0.0991 e. The number of allylic oxidation sites excluding steroid dienone is 8. The van der Waals surface area contributed by atoms with Crippen molar-refractivity contribution >= 4 is 0 Å². The maximum atomic E-state index is 4.21. The second-order valence-electron chi connectivity index (χ2n) is 6.83. The van der Waals surface area contributed by atoms with Gasteiger partial charge in [0.25, 0.3) is 0 Å². The highest BCUT2D eigenvalue weighted by molar-refractivity contribution is 5.87. The molecular formula is C35H52. The van der Waals surface area contributed by atoms with Gasteiger partial charge in [0, 0.05) is 0 Å². The van der Waals surface area contributed by atoms with Crippen LogP contribution in [0.3, 0.4) is 0 Å². The summed E-state index contributed by atoms with van der Waals surface area (Å²) in [5, 5.41) is 0. The molecule has 0 heteroatoms. The normalized spacial score (nSPS) is 12.6. The van der Waals surface area contributed by atoms with Gasteiger partial charge in [-0.15, -0.1) is 0 Å². The molecule has 0 saturated carbocycles. The molecule has 0 fully saturated rings. The van der Waals surface area contributed by atoms with Gasteiger partial charge < -0.3 is 0 Å². The number of hydrogen-bond donors (Lipinski definition) is 0. The average Bonchev–Trinajstić information content (AvgIpc) is 3.25. The summed E-state index contributed by atoms with van der Waals surface area (Å²) in [5.41, 5.74) is 7.45. The fraction of sp³-hybridized carbons (Fsp3) is 0.371. The Morgan fingerprint density at radius 1 is 0.743 bits per heavy atom. The predicted molar refractivity (Wildman–Crippen MR) is 164 cm³/mol. The van der Waals surface area contributed by atoms with Gasteiger partial charge in [-0.3, -0.25) is 0 Å². The topological polar surface area (TPSA) is 0 Å². The Bertz CT molecular complexity index is 889. The summed E-state index contributed by atoms with van der Waals surface area (Å²) < 4.78 is 0. The van der Waals surface area contributed by atoms with E-state index in [-0.39, 0.29) is 5.41 Å². The first-order chi connectivity index (χ1) is 17.2. The van der Waals surface area contributed by atoms with Crippen molar-refractivity contribution in [2.75, 3.05) is 0 Å². The van der Waals surface area contributed by atoms with Crippen LogP contribution in [0, 0.1) is 0 Å². The van der Waals surface area contributed by atoms with Crippen LogP contribution in [0.15, 0.2) is 109 Å². The summed E-state index contributed by atoms with van der Waals surface area (Å²) >= 11 is 0. The van der Waals surface area contributed by atoms with E-state index in [0.29, 0.717) is 0 Å². The van der Waals surface area contributed by atoms with Gasteiger partial charge in [0.1, 0.15) is 0 Å². The molecule has 0 spiro atoms. The SMILES string of the molecule is C=C/C=C\C(=C/C)C1(/C(C=C)=C/CCC)c2ccccc2-c2ccccc21.CC.CC.CC.CC. The molecule has 2 aromatic carbocycles. The number of hydrogen-bond acceptors (Lipinski definition) is 0. The van der Waals surface area contributed by atoms with Crippen molar-refractivity contribution in [1.82, 2.24) is 0 Å². The molecule has 0 unspecified atom stereocenters. The van der Waals surface area contributed by atoms with Crippen molar-refractivity contribution in [3.8, 4) is 11.1 Å². The van der Waals surface area contributed by atoms with E-state index in [1.165, 1.54) is 33.4 Å². The molecule has 0 saturated heterocycles. The van der Waals surface area contributed by atoms with Crippen molar-refractivity contribution in [2.45, 2.75) is 87.5 Å². The summed E-state index contributed by atoms with van der Waals surface area (Å²) in [6.45, 7) is 28.4. The first kappa shape index (κ1) is 34.3. The Kier molecular flexibility index (Phi) is 20.1. The number of benzene rings is 2. The lowest BCUT2D eigenvalue weighted by molar-refractivity contribution is 0.754. The van der Waals surface area contributed by atoms with E-state index in [1.807, 2.05) is 73.6 Å². The minimum absolute atomic E-state index is 0.335. The van der Waals surface area contributed by atoms with Crippen molar-refractivity contribution in [3.63, 3.8) is 0 Å². The van der Waals surface area contributed by atoms with Crippen molar-refractivity contribution in [1.29, 1.82) is 0 Å². The minimum atomic E-state index is -0.335. The molecule has 192 valence electrons. The number of rotatable bonds is 7. The summed E-state index contributed by atoms with van der Waals surface area (Å²) in [6, 6.07) is 17.6. The van der Waals surface area contributed by atoms with Gasteiger partial charge in [0.15, 0.2) is 0 Å². The molecule has 0 radical (unpaired) electrons. The van der Waals surface area contributed by atoms with E-state index in [1.54, 1.807) is 0 Å². The van der Waals surface area contributed by atoms with Gasteiger partial charge in [-0.25, -0.2) is 0 Å². The molecule has 0 atom stereocenters. The van der Waals surface area contributed by atoms with Crippen molar-refractivity contribution in [2.24, 2.45) is 0 Å². The highest BCUT2D eigenvalue weighted by atomic mass is 14.5. The van der Waals surface area contributed by atoms with Crippen LogP contribution < -0.4 is 0 Å². The molecule has 0 nitrogen and oxygen atoms in total. The van der Waals surface area contributed by atoms with Crippen LogP contribution in [0.1, 0.15) is 93.2 Å². The Morgan fingerprint density at radius 2 is 1.20 bits per heavy atom. The second-order valence-corrected chi connectivity index (χ2v) is 6.83. The standard InChI is InChI=1S/C27H28.4C2H6/c1-5-9-15-21(7-3)27(22(8-4)16-10-6-2)25-19-13-11-17-23(25)24-18-12-14-20-26(24)27;4*1-2/h5,7-9,11-20H,1,4,6,10H2,2-3H3;4*1-2H3/b15-9-,21-7+,22-16+;;;;. The maximum absolute atomic E-state index is 4.21. The Hall–Kier alpha value is -2.86. The first-order valence-electron chi connectivity index (χ1n) is 13.7. The Morgan fingerprint density at radius 3 is 1.57 bits per heavy atom. The van der Waals surface area contributed by atoms with Crippen LogP contribution >= 0.6 is 0 Å². The quantitative estimate of drug-likeness (QED) is 0.351. The zero-order valence-electron chi connectivity index (χ0n) is 24.4. The van der Waals surface area contributed by atoms with E-state index in [9.17, 15) is 0 Å². The third-order valence-electron chi connectivity index (χ3n) is 5.41. The fourth-order valence-corrected chi connectivity index (χ4v) is 4.32. The van der Waals surface area contributed by atoms with Crippen LogP contribution in [0.2, 0.25) is 0 Å². The third-order valence-corrected chi connectivity index (χ3v) is 5.41. The van der Waals surface area contributed by atoms with Gasteiger partial charge in [-0.2, -0.15) is 0 Å². The van der Waals surface area contributed by atoms with Gasteiger partial charge in [-0.1, -0.05) is 167 Å². The molecule has 3 rings (SSSR count). The van der Waals surface area contributed by atoms with Crippen molar-refractivity contribution < 1.29 is 0 Å². The van der Waals surface area contributed by atoms with Crippen LogP contribution in [0.25, 0.3) is 11.1 Å². The lowest BCUT2D eigenvalue weighted by Crippen LogP contribution is -2.29. The molecule has 1 aliphatic carbocycles. The molecule has 2 aromatic rings. The van der Waals surface area contributed by atoms with Gasteiger partial charge in [0.2, 0.25) is 0 Å². The van der Waals surface area contributed by atoms with E-state index in [2.05, 4.69) is 93.8 Å². The summed E-state index contributed by atoms with van der Waals surface area (Å²) in [5.74, 6) is 0. The van der Waals surface area contributed by atoms with E-state index < -0.39 is 0 Å². The van der Waals surface area contributed by atoms with E-state index >= 15 is 0 Å². The zero-order chi connectivity index (χ0) is 27.3. The number of unbranched alkanes of at least 4 members (excludes halogenated alkanes) is 1. The van der Waals surface area contributed by atoms with Crippen LogP contribution in [0.4, 0.5) is 0 Å².